The maximum atomic E-state index is 11.0. The van der Waals surface area contributed by atoms with Gasteiger partial charge in [-0.25, -0.2) is 0 Å². The van der Waals surface area contributed by atoms with E-state index in [0.29, 0.717) is 11.3 Å². The molecular weight excluding hydrogens is 296 g/mol. The van der Waals surface area contributed by atoms with Crippen molar-refractivity contribution >= 4 is 23.2 Å². The summed E-state index contributed by atoms with van der Waals surface area (Å²) in [6, 6.07) is 10.9. The number of carbonyl (C=O) groups excluding carboxylic acids is 1. The van der Waals surface area contributed by atoms with Crippen LogP contribution >= 0.6 is 11.6 Å². The summed E-state index contributed by atoms with van der Waals surface area (Å²) in [6.07, 6.45) is -0.0333. The molecule has 0 aromatic heterocycles. The number of amides is 1. The number of para-hydroxylation sites is 2. The minimum atomic E-state index is -0.585. The number of benzene rings is 2. The molecule has 0 saturated carbocycles. The molecule has 0 bridgehead atoms. The molecule has 2 aromatic carbocycles. The molecule has 7 heteroatoms. The van der Waals surface area contributed by atoms with Gasteiger partial charge in [0.25, 0.3) is 0 Å². The van der Waals surface area contributed by atoms with Crippen molar-refractivity contribution in [2.45, 2.75) is 6.42 Å². The van der Waals surface area contributed by atoms with Crippen molar-refractivity contribution in [3.8, 4) is 11.5 Å². The van der Waals surface area contributed by atoms with Crippen LogP contribution in [0.4, 0.5) is 5.69 Å². The Kier molecular flexibility index (Phi) is 4.39. The number of nitro groups is 1. The van der Waals surface area contributed by atoms with Crippen LogP contribution in [0.15, 0.2) is 42.5 Å². The van der Waals surface area contributed by atoms with Crippen LogP contribution in [0.5, 0.6) is 11.5 Å². The van der Waals surface area contributed by atoms with Gasteiger partial charge in [-0.3, -0.25) is 14.9 Å². The van der Waals surface area contributed by atoms with Gasteiger partial charge in [-0.15, -0.1) is 0 Å². The maximum Gasteiger partial charge on any atom is 0.313 e. The van der Waals surface area contributed by atoms with Gasteiger partial charge in [0, 0.05) is 11.6 Å². The molecule has 2 aromatic rings. The lowest BCUT2D eigenvalue weighted by Crippen LogP contribution is -2.14. The second-order valence-electron chi connectivity index (χ2n) is 4.20. The third-order valence-corrected chi connectivity index (χ3v) is 2.99. The highest BCUT2D eigenvalue weighted by Crippen LogP contribution is 2.38. The fourth-order valence-electron chi connectivity index (χ4n) is 1.79. The standard InChI is InChI=1S/C14H11ClN2O4/c15-10-5-3-6-11(17(19)20)14(10)21-12-7-2-1-4-9(12)8-13(16)18/h1-7H,8H2,(H2,16,18). The fraction of sp³-hybridized carbons (Fsp3) is 0.0714. The molecule has 0 aliphatic rings. The van der Waals surface area contributed by atoms with Crippen molar-refractivity contribution in [3.05, 3.63) is 63.2 Å². The van der Waals surface area contributed by atoms with Crippen molar-refractivity contribution in [1.82, 2.24) is 0 Å². The van der Waals surface area contributed by atoms with E-state index in [1.54, 1.807) is 24.3 Å². The molecule has 2 N–H and O–H groups in total. The van der Waals surface area contributed by atoms with Crippen LogP contribution in [-0.4, -0.2) is 10.8 Å². The van der Waals surface area contributed by atoms with Crippen LogP contribution in [0.3, 0.4) is 0 Å². The molecule has 0 aliphatic carbocycles. The number of ether oxygens (including phenoxy) is 1. The van der Waals surface area contributed by atoms with Crippen LogP contribution in [-0.2, 0) is 11.2 Å². The van der Waals surface area contributed by atoms with E-state index in [9.17, 15) is 14.9 Å². The van der Waals surface area contributed by atoms with E-state index in [1.165, 1.54) is 18.2 Å². The molecular formula is C14H11ClN2O4. The molecule has 0 spiro atoms. The number of halogens is 1. The van der Waals surface area contributed by atoms with Gasteiger partial charge in [0.2, 0.25) is 11.7 Å². The van der Waals surface area contributed by atoms with Crippen LogP contribution in [0.1, 0.15) is 5.56 Å². The second kappa shape index (κ2) is 6.23. The quantitative estimate of drug-likeness (QED) is 0.678. The Bertz CT molecular complexity index is 703. The van der Waals surface area contributed by atoms with Gasteiger partial charge in [0.05, 0.1) is 16.4 Å². The predicted octanol–water partition coefficient (Wildman–Crippen LogP) is 3.07. The largest absolute Gasteiger partial charge is 0.448 e. The highest BCUT2D eigenvalue weighted by molar-refractivity contribution is 6.32. The number of nitrogens with zero attached hydrogens (tertiary/aromatic N) is 1. The Morgan fingerprint density at radius 3 is 2.62 bits per heavy atom. The SMILES string of the molecule is NC(=O)Cc1ccccc1Oc1c(Cl)cccc1[N+](=O)[O-]. The monoisotopic (exact) mass is 306 g/mol. The zero-order valence-corrected chi connectivity index (χ0v) is 11.5. The third kappa shape index (κ3) is 3.49. The highest BCUT2D eigenvalue weighted by Gasteiger charge is 2.20. The van der Waals surface area contributed by atoms with E-state index in [4.69, 9.17) is 22.1 Å². The first-order valence-corrected chi connectivity index (χ1v) is 6.34. The zero-order valence-electron chi connectivity index (χ0n) is 10.8. The summed E-state index contributed by atoms with van der Waals surface area (Å²) in [5, 5.41) is 11.1. The van der Waals surface area contributed by atoms with Gasteiger partial charge < -0.3 is 10.5 Å². The topological polar surface area (TPSA) is 95.5 Å². The van der Waals surface area contributed by atoms with Crippen molar-refractivity contribution < 1.29 is 14.5 Å². The van der Waals surface area contributed by atoms with Crippen molar-refractivity contribution in [1.29, 1.82) is 0 Å². The lowest BCUT2D eigenvalue weighted by atomic mass is 10.1. The first-order chi connectivity index (χ1) is 9.99. The molecule has 2 rings (SSSR count). The molecule has 0 aliphatic heterocycles. The maximum absolute atomic E-state index is 11.0. The summed E-state index contributed by atoms with van der Waals surface area (Å²) in [4.78, 5) is 21.5. The fourth-order valence-corrected chi connectivity index (χ4v) is 2.00. The Labute approximate surface area is 125 Å². The van der Waals surface area contributed by atoms with Gasteiger partial charge in [0.15, 0.2) is 0 Å². The van der Waals surface area contributed by atoms with Crippen LogP contribution in [0.25, 0.3) is 0 Å². The van der Waals surface area contributed by atoms with Gasteiger partial charge in [-0.2, -0.15) is 0 Å². The normalized spacial score (nSPS) is 10.1. The zero-order chi connectivity index (χ0) is 15.4. The van der Waals surface area contributed by atoms with E-state index in [1.807, 2.05) is 0 Å². The molecule has 0 radical (unpaired) electrons. The number of nitrogens with two attached hydrogens (primary N) is 1. The summed E-state index contributed by atoms with van der Waals surface area (Å²) in [5.74, 6) is -0.298. The Morgan fingerprint density at radius 1 is 1.24 bits per heavy atom. The Hall–Kier alpha value is -2.60. The summed E-state index contributed by atoms with van der Waals surface area (Å²) >= 11 is 5.96. The minimum absolute atomic E-state index is 0.0333. The van der Waals surface area contributed by atoms with Crippen LogP contribution < -0.4 is 10.5 Å². The van der Waals surface area contributed by atoms with Crippen LogP contribution in [0.2, 0.25) is 5.02 Å². The van der Waals surface area contributed by atoms with Crippen molar-refractivity contribution in [2.24, 2.45) is 5.73 Å². The lowest BCUT2D eigenvalue weighted by molar-refractivity contribution is -0.385. The van der Waals surface area contributed by atoms with Gasteiger partial charge >= 0.3 is 5.69 Å². The van der Waals surface area contributed by atoms with Crippen molar-refractivity contribution in [3.63, 3.8) is 0 Å². The highest BCUT2D eigenvalue weighted by atomic mass is 35.5. The van der Waals surface area contributed by atoms with E-state index in [0.717, 1.165) is 0 Å². The predicted molar refractivity (Wildman–Crippen MR) is 77.5 cm³/mol. The van der Waals surface area contributed by atoms with E-state index >= 15 is 0 Å². The molecule has 0 fully saturated rings. The number of nitro benzene ring substituents is 1. The number of hydrogen-bond donors (Lipinski definition) is 1. The van der Waals surface area contributed by atoms with Crippen LogP contribution in [0, 0.1) is 10.1 Å². The summed E-state index contributed by atoms with van der Waals surface area (Å²) in [5.41, 5.74) is 5.44. The summed E-state index contributed by atoms with van der Waals surface area (Å²) in [7, 11) is 0. The molecule has 0 saturated heterocycles. The third-order valence-electron chi connectivity index (χ3n) is 2.69. The molecule has 0 unspecified atom stereocenters. The number of rotatable bonds is 5. The smallest absolute Gasteiger partial charge is 0.313 e. The lowest BCUT2D eigenvalue weighted by Gasteiger charge is -2.11. The summed E-state index contributed by atoms with van der Waals surface area (Å²) in [6.45, 7) is 0. The van der Waals surface area contributed by atoms with E-state index < -0.39 is 10.8 Å². The molecule has 1 amide bonds. The number of hydrogen-bond acceptors (Lipinski definition) is 4. The van der Waals surface area contributed by atoms with Gasteiger partial charge in [-0.1, -0.05) is 35.9 Å². The molecule has 108 valence electrons. The molecule has 0 heterocycles. The molecule has 6 nitrogen and oxygen atoms in total. The first kappa shape index (κ1) is 14.8. The Balaban J connectivity index is 2.44. The average Bonchev–Trinajstić information content (AvgIpc) is 2.42. The number of carbonyl (C=O) groups is 1. The average molecular weight is 307 g/mol. The first-order valence-electron chi connectivity index (χ1n) is 5.96. The van der Waals surface area contributed by atoms with Gasteiger partial charge in [0.1, 0.15) is 5.75 Å². The number of primary amides is 1. The molecule has 0 atom stereocenters. The van der Waals surface area contributed by atoms with E-state index in [-0.39, 0.29) is 22.9 Å². The minimum Gasteiger partial charge on any atom is -0.448 e. The van der Waals surface area contributed by atoms with E-state index in [2.05, 4.69) is 0 Å². The molecule has 21 heavy (non-hydrogen) atoms. The summed E-state index contributed by atoms with van der Waals surface area (Å²) < 4.78 is 5.55. The van der Waals surface area contributed by atoms with Crippen molar-refractivity contribution in [2.75, 3.05) is 0 Å². The Morgan fingerprint density at radius 2 is 1.95 bits per heavy atom. The van der Waals surface area contributed by atoms with Gasteiger partial charge in [-0.05, 0) is 12.1 Å². The second-order valence-corrected chi connectivity index (χ2v) is 4.61.